The topological polar surface area (TPSA) is 67.6 Å². The third-order valence-electron chi connectivity index (χ3n) is 3.12. The molecule has 25 heavy (non-hydrogen) atoms. The van der Waals surface area contributed by atoms with Crippen molar-refractivity contribution in [3.63, 3.8) is 0 Å². The maximum absolute atomic E-state index is 8.19. The number of aromatic nitrogens is 1. The zero-order valence-electron chi connectivity index (χ0n) is 14.0. The molecule has 0 spiro atoms. The molecule has 126 valence electrons. The molecule has 0 aliphatic rings. The molecular formula is C20H19N3O2. The van der Waals surface area contributed by atoms with Gasteiger partial charge < -0.3 is 9.47 Å². The van der Waals surface area contributed by atoms with E-state index in [0.717, 1.165) is 5.57 Å². The SMILES string of the molecule is C=CC(C=C)=C/C(=N\C(=N)c1cccc(OC)n1)Oc1ccccc1. The van der Waals surface area contributed by atoms with E-state index >= 15 is 0 Å². The lowest BCUT2D eigenvalue weighted by Gasteiger charge is -2.07. The van der Waals surface area contributed by atoms with Crippen LogP contribution in [0, 0.1) is 5.41 Å². The highest BCUT2D eigenvalue weighted by atomic mass is 16.5. The second-order valence-electron chi connectivity index (χ2n) is 4.83. The van der Waals surface area contributed by atoms with E-state index in [2.05, 4.69) is 23.1 Å². The maximum atomic E-state index is 8.19. The van der Waals surface area contributed by atoms with Gasteiger partial charge in [-0.3, -0.25) is 5.41 Å². The summed E-state index contributed by atoms with van der Waals surface area (Å²) in [5.74, 6) is 1.21. The summed E-state index contributed by atoms with van der Waals surface area (Å²) in [5.41, 5.74) is 1.10. The number of pyridine rings is 1. The van der Waals surface area contributed by atoms with Crippen molar-refractivity contribution in [2.45, 2.75) is 0 Å². The standard InChI is InChI=1S/C20H19N3O2/c1-4-15(5-2)14-19(25-16-10-7-6-8-11-16)23-20(21)17-12-9-13-18(22-17)24-3/h4-14,21H,1-2H2,3H3/b21-20?,23-19+. The Labute approximate surface area is 147 Å². The van der Waals surface area contributed by atoms with Crippen molar-refractivity contribution in [3.8, 4) is 11.6 Å². The summed E-state index contributed by atoms with van der Waals surface area (Å²) in [6, 6.07) is 14.3. The summed E-state index contributed by atoms with van der Waals surface area (Å²) in [6.45, 7) is 7.44. The normalized spacial score (nSPS) is 10.5. The zero-order valence-corrected chi connectivity index (χ0v) is 14.0. The molecule has 0 amide bonds. The monoisotopic (exact) mass is 333 g/mol. The molecule has 1 N–H and O–H groups in total. The van der Waals surface area contributed by atoms with E-state index < -0.39 is 0 Å². The number of benzene rings is 1. The van der Waals surface area contributed by atoms with Gasteiger partial charge in [0.05, 0.1) is 7.11 Å². The van der Waals surface area contributed by atoms with Crippen LogP contribution in [-0.4, -0.2) is 23.8 Å². The first-order valence-corrected chi connectivity index (χ1v) is 7.54. The third kappa shape index (κ3) is 5.28. The number of hydrogen-bond acceptors (Lipinski definition) is 4. The second-order valence-corrected chi connectivity index (χ2v) is 4.83. The smallest absolute Gasteiger partial charge is 0.221 e. The Kier molecular flexibility index (Phi) is 6.42. The maximum Gasteiger partial charge on any atom is 0.221 e. The Bertz CT molecular complexity index is 814. The highest BCUT2D eigenvalue weighted by molar-refractivity contribution is 6.06. The molecule has 0 aliphatic heterocycles. The Morgan fingerprint density at radius 2 is 1.80 bits per heavy atom. The van der Waals surface area contributed by atoms with Crippen LogP contribution in [0.2, 0.25) is 0 Å². The van der Waals surface area contributed by atoms with Crippen molar-refractivity contribution in [1.29, 1.82) is 5.41 Å². The van der Waals surface area contributed by atoms with Crippen LogP contribution in [0.3, 0.4) is 0 Å². The van der Waals surface area contributed by atoms with Crippen molar-refractivity contribution in [1.82, 2.24) is 4.98 Å². The predicted octanol–water partition coefficient (Wildman–Crippen LogP) is 4.19. The molecule has 0 saturated carbocycles. The lowest BCUT2D eigenvalue weighted by Crippen LogP contribution is -2.11. The predicted molar refractivity (Wildman–Crippen MR) is 101 cm³/mol. The largest absolute Gasteiger partial charge is 0.481 e. The van der Waals surface area contributed by atoms with Crippen LogP contribution in [-0.2, 0) is 0 Å². The van der Waals surface area contributed by atoms with Gasteiger partial charge in [-0.05, 0) is 23.8 Å². The number of allylic oxidation sites excluding steroid dienone is 3. The molecule has 2 aromatic rings. The van der Waals surface area contributed by atoms with Gasteiger partial charge in [0.15, 0.2) is 5.84 Å². The van der Waals surface area contributed by atoms with Gasteiger partial charge in [-0.25, -0.2) is 4.98 Å². The van der Waals surface area contributed by atoms with E-state index in [-0.39, 0.29) is 11.7 Å². The van der Waals surface area contributed by atoms with Crippen LogP contribution < -0.4 is 9.47 Å². The Hall–Kier alpha value is -3.47. The van der Waals surface area contributed by atoms with E-state index in [1.54, 1.807) is 48.6 Å². The highest BCUT2D eigenvalue weighted by Crippen LogP contribution is 2.12. The minimum Gasteiger partial charge on any atom is -0.481 e. The van der Waals surface area contributed by atoms with E-state index in [0.29, 0.717) is 17.3 Å². The molecule has 0 atom stereocenters. The molecule has 2 rings (SSSR count). The van der Waals surface area contributed by atoms with Gasteiger partial charge in [-0.15, -0.1) is 0 Å². The van der Waals surface area contributed by atoms with Crippen LogP contribution in [0.5, 0.6) is 11.6 Å². The Morgan fingerprint density at radius 3 is 2.44 bits per heavy atom. The molecule has 1 aromatic carbocycles. The zero-order chi connectivity index (χ0) is 18.1. The molecule has 0 unspecified atom stereocenters. The van der Waals surface area contributed by atoms with Crippen molar-refractivity contribution >= 4 is 11.7 Å². The summed E-state index contributed by atoms with van der Waals surface area (Å²) in [7, 11) is 1.52. The fourth-order valence-electron chi connectivity index (χ4n) is 1.87. The first-order valence-electron chi connectivity index (χ1n) is 7.54. The van der Waals surface area contributed by atoms with Crippen molar-refractivity contribution < 1.29 is 9.47 Å². The van der Waals surface area contributed by atoms with E-state index in [4.69, 9.17) is 14.9 Å². The molecule has 0 bridgehead atoms. The fraction of sp³-hybridized carbons (Fsp3) is 0.0500. The number of para-hydroxylation sites is 1. The lowest BCUT2D eigenvalue weighted by atomic mass is 10.2. The molecular weight excluding hydrogens is 314 g/mol. The number of rotatable bonds is 6. The quantitative estimate of drug-likeness (QED) is 0.489. The number of nitrogens with zero attached hydrogens (tertiary/aromatic N) is 2. The first-order chi connectivity index (χ1) is 12.2. The molecule has 0 radical (unpaired) electrons. The van der Waals surface area contributed by atoms with E-state index in [1.807, 2.05) is 18.2 Å². The molecule has 5 heteroatoms. The third-order valence-corrected chi connectivity index (χ3v) is 3.12. The Morgan fingerprint density at radius 1 is 1.08 bits per heavy atom. The van der Waals surface area contributed by atoms with Crippen molar-refractivity contribution in [2.24, 2.45) is 4.99 Å². The van der Waals surface area contributed by atoms with Crippen LogP contribution in [0.15, 0.2) is 90.5 Å². The number of ether oxygens (including phenoxy) is 2. The van der Waals surface area contributed by atoms with Crippen LogP contribution >= 0.6 is 0 Å². The van der Waals surface area contributed by atoms with Crippen molar-refractivity contribution in [2.75, 3.05) is 7.11 Å². The fourth-order valence-corrected chi connectivity index (χ4v) is 1.87. The number of nitrogens with one attached hydrogen (secondary N) is 1. The van der Waals surface area contributed by atoms with Crippen LogP contribution in [0.1, 0.15) is 5.69 Å². The molecule has 1 aromatic heterocycles. The molecule has 5 nitrogen and oxygen atoms in total. The van der Waals surface area contributed by atoms with Crippen molar-refractivity contribution in [3.05, 3.63) is 91.2 Å². The Balaban J connectivity index is 2.37. The highest BCUT2D eigenvalue weighted by Gasteiger charge is 2.07. The average molecular weight is 333 g/mol. The van der Waals surface area contributed by atoms with Crippen LogP contribution in [0.4, 0.5) is 0 Å². The van der Waals surface area contributed by atoms with E-state index in [1.165, 1.54) is 7.11 Å². The van der Waals surface area contributed by atoms with Gasteiger partial charge in [-0.2, -0.15) is 4.99 Å². The molecule has 0 saturated heterocycles. The van der Waals surface area contributed by atoms with Gasteiger partial charge in [0, 0.05) is 12.1 Å². The number of methoxy groups -OCH3 is 1. The molecule has 1 heterocycles. The number of amidine groups is 1. The summed E-state index contributed by atoms with van der Waals surface area (Å²) >= 11 is 0. The number of aliphatic imine (C=N–C) groups is 1. The van der Waals surface area contributed by atoms with Crippen LogP contribution in [0.25, 0.3) is 0 Å². The van der Waals surface area contributed by atoms with Gasteiger partial charge in [0.25, 0.3) is 0 Å². The van der Waals surface area contributed by atoms with E-state index in [9.17, 15) is 0 Å². The second kappa shape index (κ2) is 8.98. The minimum absolute atomic E-state index is 0.0476. The summed E-state index contributed by atoms with van der Waals surface area (Å²) in [6.07, 6.45) is 4.91. The summed E-state index contributed by atoms with van der Waals surface area (Å²) < 4.78 is 10.9. The van der Waals surface area contributed by atoms with Gasteiger partial charge >= 0.3 is 0 Å². The first kappa shape index (κ1) is 17.9. The summed E-state index contributed by atoms with van der Waals surface area (Å²) in [5, 5.41) is 8.19. The van der Waals surface area contributed by atoms with Gasteiger partial charge in [-0.1, -0.05) is 49.6 Å². The summed E-state index contributed by atoms with van der Waals surface area (Å²) in [4.78, 5) is 8.44. The average Bonchev–Trinajstić information content (AvgIpc) is 2.66. The molecule has 0 fully saturated rings. The lowest BCUT2D eigenvalue weighted by molar-refractivity contribution is 0.397. The minimum atomic E-state index is -0.0476. The molecule has 0 aliphatic carbocycles. The van der Waals surface area contributed by atoms with Gasteiger partial charge in [0.2, 0.25) is 11.8 Å². The number of hydrogen-bond donors (Lipinski definition) is 1. The van der Waals surface area contributed by atoms with Gasteiger partial charge in [0.1, 0.15) is 11.4 Å².